The molecule has 4 aromatic rings. The van der Waals surface area contributed by atoms with Gasteiger partial charge in [0.25, 0.3) is 0 Å². The molecule has 41 heavy (non-hydrogen) atoms. The number of primary amides is 1. The molecule has 210 valence electrons. The van der Waals surface area contributed by atoms with Crippen LogP contribution in [0.1, 0.15) is 17.5 Å². The third-order valence-electron chi connectivity index (χ3n) is 6.35. The number of carbonyl (C=O) groups is 3. The van der Waals surface area contributed by atoms with Crippen LogP contribution in [-0.2, 0) is 22.6 Å². The second kappa shape index (κ2) is 14.9. The molecular formula is C33H34N4O4. The average molecular weight is 551 g/mol. The second-order valence-corrected chi connectivity index (χ2v) is 9.58. The monoisotopic (exact) mass is 550 g/mol. The van der Waals surface area contributed by atoms with E-state index in [2.05, 4.69) is 5.32 Å². The quantitative estimate of drug-likeness (QED) is 0.231. The number of rotatable bonds is 13. The van der Waals surface area contributed by atoms with Crippen molar-refractivity contribution in [1.82, 2.24) is 9.80 Å². The maximum Gasteiger partial charge on any atom is 0.322 e. The van der Waals surface area contributed by atoms with Crippen molar-refractivity contribution in [3.05, 3.63) is 126 Å². The van der Waals surface area contributed by atoms with Gasteiger partial charge in [-0.2, -0.15) is 0 Å². The van der Waals surface area contributed by atoms with Crippen molar-refractivity contribution in [2.24, 2.45) is 5.73 Å². The molecule has 0 bridgehead atoms. The Bertz CT molecular complexity index is 1400. The first-order valence-electron chi connectivity index (χ1n) is 13.5. The van der Waals surface area contributed by atoms with Crippen LogP contribution in [0.5, 0.6) is 11.5 Å². The molecule has 0 saturated heterocycles. The molecule has 0 saturated carbocycles. The summed E-state index contributed by atoms with van der Waals surface area (Å²) in [5.74, 6) is 0.358. The first kappa shape index (κ1) is 28.9. The summed E-state index contributed by atoms with van der Waals surface area (Å²) in [6, 6.07) is 35.3. The highest BCUT2D eigenvalue weighted by Gasteiger charge is 2.23. The minimum absolute atomic E-state index is 0.198. The van der Waals surface area contributed by atoms with Crippen LogP contribution in [0.15, 0.2) is 115 Å². The summed E-state index contributed by atoms with van der Waals surface area (Å²) in [6.07, 6.45) is 1.41. The van der Waals surface area contributed by atoms with Crippen molar-refractivity contribution in [2.45, 2.75) is 19.4 Å². The Kier molecular flexibility index (Phi) is 10.5. The molecule has 0 spiro atoms. The Balaban J connectivity index is 1.44. The normalized spacial score (nSPS) is 10.4. The van der Waals surface area contributed by atoms with Gasteiger partial charge in [0.05, 0.1) is 6.54 Å². The first-order valence-corrected chi connectivity index (χ1v) is 13.5. The molecular weight excluding hydrogens is 516 g/mol. The first-order chi connectivity index (χ1) is 20.0. The molecule has 0 fully saturated rings. The molecule has 0 aromatic heterocycles. The van der Waals surface area contributed by atoms with Crippen molar-refractivity contribution in [1.29, 1.82) is 0 Å². The fraction of sp³-hybridized carbons (Fsp3) is 0.182. The molecule has 0 radical (unpaired) electrons. The van der Waals surface area contributed by atoms with Crippen molar-refractivity contribution >= 4 is 23.5 Å². The summed E-state index contributed by atoms with van der Waals surface area (Å²) >= 11 is 0. The number of urea groups is 1. The van der Waals surface area contributed by atoms with Crippen LogP contribution in [0.25, 0.3) is 0 Å². The molecule has 0 aliphatic heterocycles. The number of amides is 4. The van der Waals surface area contributed by atoms with Crippen LogP contribution in [-0.4, -0.2) is 47.3 Å². The minimum atomic E-state index is -0.618. The van der Waals surface area contributed by atoms with E-state index in [4.69, 9.17) is 10.5 Å². The summed E-state index contributed by atoms with van der Waals surface area (Å²) in [5, 5.41) is 2.89. The van der Waals surface area contributed by atoms with Gasteiger partial charge in [-0.05, 0) is 60.4 Å². The third kappa shape index (κ3) is 9.54. The maximum atomic E-state index is 13.4. The molecule has 3 N–H and O–H groups in total. The van der Waals surface area contributed by atoms with E-state index >= 15 is 0 Å². The third-order valence-corrected chi connectivity index (χ3v) is 6.35. The van der Waals surface area contributed by atoms with Crippen molar-refractivity contribution in [3.8, 4) is 11.5 Å². The van der Waals surface area contributed by atoms with Gasteiger partial charge in [-0.3, -0.25) is 9.59 Å². The zero-order valence-corrected chi connectivity index (χ0v) is 22.8. The molecule has 8 heteroatoms. The van der Waals surface area contributed by atoms with Gasteiger partial charge < -0.3 is 25.6 Å². The highest BCUT2D eigenvalue weighted by Crippen LogP contribution is 2.23. The van der Waals surface area contributed by atoms with Crippen LogP contribution in [0, 0.1) is 0 Å². The lowest BCUT2D eigenvalue weighted by Crippen LogP contribution is -2.46. The van der Waals surface area contributed by atoms with E-state index in [1.54, 1.807) is 24.3 Å². The van der Waals surface area contributed by atoms with Gasteiger partial charge in [0.1, 0.15) is 18.0 Å². The number of carbonyl (C=O) groups excluding carboxylic acids is 3. The molecule has 0 atom stereocenters. The van der Waals surface area contributed by atoms with Crippen molar-refractivity contribution < 1.29 is 19.1 Å². The lowest BCUT2D eigenvalue weighted by molar-refractivity contribution is -0.136. The van der Waals surface area contributed by atoms with Crippen molar-refractivity contribution in [3.63, 3.8) is 0 Å². The van der Waals surface area contributed by atoms with Crippen LogP contribution >= 0.6 is 0 Å². The number of hydrogen-bond acceptors (Lipinski definition) is 4. The molecule has 4 rings (SSSR count). The van der Waals surface area contributed by atoms with E-state index in [1.165, 1.54) is 9.80 Å². The summed E-state index contributed by atoms with van der Waals surface area (Å²) in [7, 11) is 0. The minimum Gasteiger partial charge on any atom is -0.457 e. The Morgan fingerprint density at radius 1 is 0.659 bits per heavy atom. The van der Waals surface area contributed by atoms with E-state index in [-0.39, 0.29) is 25.5 Å². The number of para-hydroxylation sites is 1. The predicted molar refractivity (Wildman–Crippen MR) is 159 cm³/mol. The predicted octanol–water partition coefficient (Wildman–Crippen LogP) is 5.46. The number of aryl methyl sites for hydroxylation is 1. The summed E-state index contributed by atoms with van der Waals surface area (Å²) in [5.41, 5.74) is 8.02. The van der Waals surface area contributed by atoms with E-state index in [0.717, 1.165) is 17.5 Å². The fourth-order valence-electron chi connectivity index (χ4n) is 4.29. The number of nitrogens with one attached hydrogen (secondary N) is 1. The molecule has 0 unspecified atom stereocenters. The molecule has 0 heterocycles. The van der Waals surface area contributed by atoms with Gasteiger partial charge in [0.2, 0.25) is 11.8 Å². The zero-order valence-electron chi connectivity index (χ0n) is 22.8. The van der Waals surface area contributed by atoms with Gasteiger partial charge in [-0.25, -0.2) is 4.79 Å². The standard InChI is InChI=1S/C33H34N4O4/c34-31(38)24-37(23-27-13-6-2-7-14-27)32(39)25-36(22-10-15-26-11-4-1-5-12-26)33(40)35-28-18-20-30(21-19-28)41-29-16-8-3-9-17-29/h1-9,11-14,16-21H,10,15,22-25H2,(H2,34,38)(H,35,40). The van der Waals surface area contributed by atoms with Gasteiger partial charge >= 0.3 is 6.03 Å². The SMILES string of the molecule is NC(=O)CN(Cc1ccccc1)C(=O)CN(CCCc1ccccc1)C(=O)Nc1ccc(Oc2ccccc2)cc1. The van der Waals surface area contributed by atoms with Gasteiger partial charge in [0, 0.05) is 18.8 Å². The Hall–Kier alpha value is -5.11. The zero-order chi connectivity index (χ0) is 28.9. The molecule has 4 aromatic carbocycles. The average Bonchev–Trinajstić information content (AvgIpc) is 2.98. The van der Waals surface area contributed by atoms with Gasteiger partial charge in [-0.15, -0.1) is 0 Å². The number of ether oxygens (including phenoxy) is 1. The van der Waals surface area contributed by atoms with Crippen LogP contribution in [0.4, 0.5) is 10.5 Å². The highest BCUT2D eigenvalue weighted by molar-refractivity contribution is 5.93. The fourth-order valence-corrected chi connectivity index (χ4v) is 4.29. The number of hydrogen-bond donors (Lipinski definition) is 2. The van der Waals surface area contributed by atoms with Gasteiger partial charge in [0.15, 0.2) is 0 Å². The maximum absolute atomic E-state index is 13.4. The largest absolute Gasteiger partial charge is 0.457 e. The topological polar surface area (TPSA) is 105 Å². The lowest BCUT2D eigenvalue weighted by Gasteiger charge is -2.27. The summed E-state index contributed by atoms with van der Waals surface area (Å²) in [4.78, 5) is 41.4. The summed E-state index contributed by atoms with van der Waals surface area (Å²) in [6.45, 7) is 0.119. The van der Waals surface area contributed by atoms with Crippen LogP contribution in [0.2, 0.25) is 0 Å². The van der Waals surface area contributed by atoms with E-state index in [1.807, 2.05) is 91.0 Å². The molecule has 0 aliphatic carbocycles. The second-order valence-electron chi connectivity index (χ2n) is 9.58. The van der Waals surface area contributed by atoms with E-state index in [0.29, 0.717) is 30.2 Å². The smallest absolute Gasteiger partial charge is 0.322 e. The van der Waals surface area contributed by atoms with E-state index in [9.17, 15) is 14.4 Å². The van der Waals surface area contributed by atoms with Crippen LogP contribution < -0.4 is 15.8 Å². The Labute approximate surface area is 240 Å². The highest BCUT2D eigenvalue weighted by atomic mass is 16.5. The molecule has 8 nitrogen and oxygen atoms in total. The number of benzene rings is 4. The Morgan fingerprint density at radius 2 is 1.22 bits per heavy atom. The van der Waals surface area contributed by atoms with Crippen molar-refractivity contribution in [2.75, 3.05) is 25.0 Å². The lowest BCUT2D eigenvalue weighted by atomic mass is 10.1. The van der Waals surface area contributed by atoms with Gasteiger partial charge in [-0.1, -0.05) is 78.9 Å². The number of nitrogens with zero attached hydrogens (tertiary/aromatic N) is 2. The Morgan fingerprint density at radius 3 is 1.83 bits per heavy atom. The number of nitrogens with two attached hydrogens (primary N) is 1. The molecule has 4 amide bonds. The summed E-state index contributed by atoms with van der Waals surface area (Å²) < 4.78 is 5.83. The van der Waals surface area contributed by atoms with E-state index < -0.39 is 11.9 Å². The molecule has 0 aliphatic rings. The number of anilines is 1. The van der Waals surface area contributed by atoms with Crippen LogP contribution in [0.3, 0.4) is 0 Å².